The van der Waals surface area contributed by atoms with Crippen LogP contribution in [0.15, 0.2) is 53.0 Å². The summed E-state index contributed by atoms with van der Waals surface area (Å²) in [4.78, 5) is 12.2. The SMILES string of the molecule is CCC(Nc1ccccc1C)(C(N)=O)c1ccc(Br)cc1. The number of amides is 1. The smallest absolute Gasteiger partial charge is 0.247 e. The topological polar surface area (TPSA) is 55.1 Å². The summed E-state index contributed by atoms with van der Waals surface area (Å²) in [6.07, 6.45) is 0.568. The van der Waals surface area contributed by atoms with Crippen molar-refractivity contribution in [2.45, 2.75) is 25.8 Å². The molecular formula is C17H19BrN2O. The maximum Gasteiger partial charge on any atom is 0.247 e. The molecule has 3 N–H and O–H groups in total. The molecule has 1 atom stereocenters. The van der Waals surface area contributed by atoms with Gasteiger partial charge in [-0.2, -0.15) is 0 Å². The highest BCUT2D eigenvalue weighted by Gasteiger charge is 2.37. The first kappa shape index (κ1) is 15.6. The number of carbonyl (C=O) groups excluding carboxylic acids is 1. The second-order valence-corrected chi connectivity index (χ2v) is 5.99. The van der Waals surface area contributed by atoms with Crippen molar-refractivity contribution < 1.29 is 4.79 Å². The number of aryl methyl sites for hydroxylation is 1. The van der Waals surface area contributed by atoms with E-state index in [0.29, 0.717) is 6.42 Å². The standard InChI is InChI=1S/C17H19BrN2O/c1-3-17(16(19)21,13-8-10-14(18)11-9-13)20-15-7-5-4-6-12(15)2/h4-11,20H,3H2,1-2H3,(H2,19,21). The van der Waals surface area contributed by atoms with Gasteiger partial charge in [0, 0.05) is 10.2 Å². The number of hydrogen-bond acceptors (Lipinski definition) is 2. The van der Waals surface area contributed by atoms with E-state index in [1.807, 2.05) is 62.4 Å². The van der Waals surface area contributed by atoms with Gasteiger partial charge < -0.3 is 11.1 Å². The van der Waals surface area contributed by atoms with E-state index in [1.54, 1.807) is 0 Å². The molecule has 0 fully saturated rings. The van der Waals surface area contributed by atoms with Gasteiger partial charge in [0.05, 0.1) is 0 Å². The zero-order valence-electron chi connectivity index (χ0n) is 12.2. The van der Waals surface area contributed by atoms with Gasteiger partial charge in [-0.25, -0.2) is 0 Å². The molecule has 0 aromatic heterocycles. The molecule has 0 aliphatic heterocycles. The third-order valence-electron chi connectivity index (χ3n) is 3.78. The Kier molecular flexibility index (Phi) is 4.68. The highest BCUT2D eigenvalue weighted by molar-refractivity contribution is 9.10. The van der Waals surface area contributed by atoms with Gasteiger partial charge in [-0.1, -0.05) is 53.2 Å². The second kappa shape index (κ2) is 6.31. The van der Waals surface area contributed by atoms with Crippen LogP contribution in [0.2, 0.25) is 0 Å². The number of primary amides is 1. The Hall–Kier alpha value is -1.81. The van der Waals surface area contributed by atoms with Crippen LogP contribution in [0.25, 0.3) is 0 Å². The molecule has 2 rings (SSSR count). The predicted octanol–water partition coefficient (Wildman–Crippen LogP) is 3.96. The molecule has 0 saturated carbocycles. The summed E-state index contributed by atoms with van der Waals surface area (Å²) in [5.74, 6) is -0.379. The molecule has 0 bridgehead atoms. The van der Waals surface area contributed by atoms with Gasteiger partial charge in [0.1, 0.15) is 5.54 Å². The lowest BCUT2D eigenvalue weighted by molar-refractivity contribution is -0.122. The van der Waals surface area contributed by atoms with Crippen LogP contribution in [-0.4, -0.2) is 5.91 Å². The lowest BCUT2D eigenvalue weighted by Crippen LogP contribution is -2.47. The normalized spacial score (nSPS) is 13.5. The van der Waals surface area contributed by atoms with Crippen LogP contribution in [-0.2, 0) is 10.3 Å². The van der Waals surface area contributed by atoms with E-state index in [9.17, 15) is 4.79 Å². The molecule has 110 valence electrons. The van der Waals surface area contributed by atoms with E-state index >= 15 is 0 Å². The maximum atomic E-state index is 12.2. The zero-order valence-corrected chi connectivity index (χ0v) is 13.8. The van der Waals surface area contributed by atoms with Crippen molar-refractivity contribution >= 4 is 27.5 Å². The summed E-state index contributed by atoms with van der Waals surface area (Å²) in [7, 11) is 0. The number of nitrogens with one attached hydrogen (secondary N) is 1. The number of rotatable bonds is 5. The van der Waals surface area contributed by atoms with Crippen molar-refractivity contribution in [1.29, 1.82) is 0 Å². The number of benzene rings is 2. The minimum absolute atomic E-state index is 0.379. The molecule has 0 saturated heterocycles. The molecule has 0 aliphatic rings. The maximum absolute atomic E-state index is 12.2. The number of halogens is 1. The van der Waals surface area contributed by atoms with Crippen molar-refractivity contribution in [1.82, 2.24) is 0 Å². The lowest BCUT2D eigenvalue weighted by Gasteiger charge is -2.33. The van der Waals surface area contributed by atoms with Crippen LogP contribution in [0.5, 0.6) is 0 Å². The van der Waals surface area contributed by atoms with E-state index in [0.717, 1.165) is 21.3 Å². The van der Waals surface area contributed by atoms with E-state index in [2.05, 4.69) is 21.2 Å². The molecule has 3 nitrogen and oxygen atoms in total. The Balaban J connectivity index is 2.50. The Morgan fingerprint density at radius 1 is 1.19 bits per heavy atom. The molecule has 2 aromatic rings. The molecular weight excluding hydrogens is 328 g/mol. The molecule has 4 heteroatoms. The van der Waals surface area contributed by atoms with E-state index in [1.165, 1.54) is 0 Å². The van der Waals surface area contributed by atoms with Crippen LogP contribution in [0.4, 0.5) is 5.69 Å². The second-order valence-electron chi connectivity index (χ2n) is 5.07. The van der Waals surface area contributed by atoms with Crippen molar-refractivity contribution in [3.8, 4) is 0 Å². The Labute approximate surface area is 133 Å². The van der Waals surface area contributed by atoms with Gasteiger partial charge in [-0.15, -0.1) is 0 Å². The first-order chi connectivity index (χ1) is 9.99. The first-order valence-electron chi connectivity index (χ1n) is 6.89. The summed E-state index contributed by atoms with van der Waals surface area (Å²) in [5.41, 5.74) is 7.69. The number of hydrogen-bond donors (Lipinski definition) is 2. The molecule has 1 amide bonds. The molecule has 0 radical (unpaired) electrons. The first-order valence-corrected chi connectivity index (χ1v) is 7.68. The average Bonchev–Trinajstić information content (AvgIpc) is 2.47. The number of anilines is 1. The quantitative estimate of drug-likeness (QED) is 0.860. The highest BCUT2D eigenvalue weighted by Crippen LogP contribution is 2.31. The van der Waals surface area contributed by atoms with E-state index in [-0.39, 0.29) is 5.91 Å². The number of para-hydroxylation sites is 1. The van der Waals surface area contributed by atoms with Gasteiger partial charge >= 0.3 is 0 Å². The van der Waals surface area contributed by atoms with E-state index < -0.39 is 5.54 Å². The largest absolute Gasteiger partial charge is 0.367 e. The highest BCUT2D eigenvalue weighted by atomic mass is 79.9. The predicted molar refractivity (Wildman–Crippen MR) is 90.1 cm³/mol. The van der Waals surface area contributed by atoms with Gasteiger partial charge in [0.25, 0.3) is 0 Å². The number of carbonyl (C=O) groups is 1. The average molecular weight is 347 g/mol. The van der Waals surface area contributed by atoms with Crippen LogP contribution in [0.1, 0.15) is 24.5 Å². The Morgan fingerprint density at radius 3 is 2.33 bits per heavy atom. The fourth-order valence-corrected chi connectivity index (χ4v) is 2.68. The monoisotopic (exact) mass is 346 g/mol. The van der Waals surface area contributed by atoms with Crippen molar-refractivity contribution in [3.05, 3.63) is 64.1 Å². The molecule has 21 heavy (non-hydrogen) atoms. The van der Waals surface area contributed by atoms with E-state index in [4.69, 9.17) is 5.73 Å². The minimum atomic E-state index is -0.910. The fourth-order valence-electron chi connectivity index (χ4n) is 2.42. The fraction of sp³-hybridized carbons (Fsp3) is 0.235. The summed E-state index contributed by atoms with van der Waals surface area (Å²) in [5, 5.41) is 3.36. The summed E-state index contributed by atoms with van der Waals surface area (Å²) >= 11 is 3.41. The minimum Gasteiger partial charge on any atom is -0.367 e. The van der Waals surface area contributed by atoms with Crippen molar-refractivity contribution in [2.75, 3.05) is 5.32 Å². The molecule has 2 aromatic carbocycles. The molecule has 1 unspecified atom stereocenters. The zero-order chi connectivity index (χ0) is 15.5. The summed E-state index contributed by atoms with van der Waals surface area (Å²) in [6, 6.07) is 15.6. The molecule has 0 heterocycles. The van der Waals surface area contributed by atoms with Crippen molar-refractivity contribution in [3.63, 3.8) is 0 Å². The van der Waals surface area contributed by atoms with Gasteiger partial charge in [-0.05, 0) is 42.7 Å². The molecule has 0 spiro atoms. The van der Waals surface area contributed by atoms with Gasteiger partial charge in [0.2, 0.25) is 5.91 Å². The summed E-state index contributed by atoms with van der Waals surface area (Å²) < 4.78 is 0.969. The van der Waals surface area contributed by atoms with Gasteiger partial charge in [-0.3, -0.25) is 4.79 Å². The number of nitrogens with two attached hydrogens (primary N) is 1. The van der Waals surface area contributed by atoms with Gasteiger partial charge in [0.15, 0.2) is 0 Å². The van der Waals surface area contributed by atoms with Crippen LogP contribution < -0.4 is 11.1 Å². The lowest BCUT2D eigenvalue weighted by atomic mass is 9.86. The third-order valence-corrected chi connectivity index (χ3v) is 4.31. The molecule has 0 aliphatic carbocycles. The van der Waals surface area contributed by atoms with Crippen LogP contribution in [0.3, 0.4) is 0 Å². The van der Waals surface area contributed by atoms with Crippen molar-refractivity contribution in [2.24, 2.45) is 5.73 Å². The van der Waals surface area contributed by atoms with Crippen LogP contribution >= 0.6 is 15.9 Å². The third kappa shape index (κ3) is 3.10. The van der Waals surface area contributed by atoms with Crippen LogP contribution in [0, 0.1) is 6.92 Å². The Morgan fingerprint density at radius 2 is 1.81 bits per heavy atom. The summed E-state index contributed by atoms with van der Waals surface area (Å²) in [6.45, 7) is 3.96. The Bertz CT molecular complexity index is 639.